The topological polar surface area (TPSA) is 49.3 Å². The van der Waals surface area contributed by atoms with E-state index in [1.165, 1.54) is 19.3 Å². The molecule has 1 rings (SSSR count). The molecule has 0 aromatic heterocycles. The van der Waals surface area contributed by atoms with Crippen LogP contribution in [0.2, 0.25) is 0 Å². The van der Waals surface area contributed by atoms with Crippen LogP contribution in [0.25, 0.3) is 0 Å². The third kappa shape index (κ3) is 5.53. The fourth-order valence-electron chi connectivity index (χ4n) is 2.74. The second kappa shape index (κ2) is 6.39. The molecule has 100 valence electrons. The van der Waals surface area contributed by atoms with Crippen molar-refractivity contribution >= 4 is 5.91 Å². The van der Waals surface area contributed by atoms with Crippen LogP contribution in [0.1, 0.15) is 59.3 Å². The van der Waals surface area contributed by atoms with E-state index < -0.39 is 5.60 Å². The van der Waals surface area contributed by atoms with Gasteiger partial charge in [-0.3, -0.25) is 4.79 Å². The lowest BCUT2D eigenvalue weighted by Crippen LogP contribution is -2.43. The zero-order valence-electron chi connectivity index (χ0n) is 11.5. The van der Waals surface area contributed by atoms with Gasteiger partial charge >= 0.3 is 0 Å². The number of rotatable bonds is 5. The van der Waals surface area contributed by atoms with Gasteiger partial charge in [-0.05, 0) is 32.1 Å². The summed E-state index contributed by atoms with van der Waals surface area (Å²) in [6.07, 6.45) is 6.34. The minimum atomic E-state index is -0.779. The van der Waals surface area contributed by atoms with E-state index in [1.54, 1.807) is 6.92 Å². The van der Waals surface area contributed by atoms with Crippen LogP contribution in [-0.4, -0.2) is 23.2 Å². The minimum absolute atomic E-state index is 0.133. The lowest BCUT2D eigenvalue weighted by atomic mass is 9.88. The second-order valence-corrected chi connectivity index (χ2v) is 6.15. The molecule has 2 N–H and O–H groups in total. The third-order valence-electron chi connectivity index (χ3n) is 3.47. The van der Waals surface area contributed by atoms with Gasteiger partial charge in [-0.1, -0.05) is 33.1 Å². The summed E-state index contributed by atoms with van der Waals surface area (Å²) < 4.78 is 0. The third-order valence-corrected chi connectivity index (χ3v) is 3.47. The van der Waals surface area contributed by atoms with E-state index >= 15 is 0 Å². The largest absolute Gasteiger partial charge is 0.388 e. The van der Waals surface area contributed by atoms with Crippen molar-refractivity contribution in [2.75, 3.05) is 6.54 Å². The van der Waals surface area contributed by atoms with Crippen LogP contribution in [0.5, 0.6) is 0 Å². The Balaban J connectivity index is 2.31. The number of nitrogens with one attached hydrogen (secondary N) is 1. The lowest BCUT2D eigenvalue weighted by molar-refractivity contribution is -0.127. The summed E-state index contributed by atoms with van der Waals surface area (Å²) >= 11 is 0. The van der Waals surface area contributed by atoms with Gasteiger partial charge in [-0.2, -0.15) is 0 Å². The summed E-state index contributed by atoms with van der Waals surface area (Å²) in [4.78, 5) is 11.9. The molecule has 3 heteroatoms. The predicted molar refractivity (Wildman–Crippen MR) is 69.7 cm³/mol. The van der Waals surface area contributed by atoms with Crippen molar-refractivity contribution in [1.82, 2.24) is 5.32 Å². The zero-order valence-corrected chi connectivity index (χ0v) is 11.5. The first-order chi connectivity index (χ1) is 7.91. The van der Waals surface area contributed by atoms with E-state index in [9.17, 15) is 9.90 Å². The van der Waals surface area contributed by atoms with Crippen molar-refractivity contribution in [1.29, 1.82) is 0 Å². The Bertz CT molecular complexity index is 243. The number of carbonyl (C=O) groups is 1. The van der Waals surface area contributed by atoms with E-state index in [0.717, 1.165) is 19.3 Å². The molecule has 1 fully saturated rings. The molecular formula is C14H27NO2. The van der Waals surface area contributed by atoms with E-state index in [-0.39, 0.29) is 11.8 Å². The zero-order chi connectivity index (χ0) is 12.9. The summed E-state index contributed by atoms with van der Waals surface area (Å²) in [6, 6.07) is 0. The van der Waals surface area contributed by atoms with Crippen LogP contribution >= 0.6 is 0 Å². The average Bonchev–Trinajstić information content (AvgIpc) is 2.25. The lowest BCUT2D eigenvalue weighted by Gasteiger charge is -2.27. The highest BCUT2D eigenvalue weighted by molar-refractivity contribution is 5.78. The number of hydrogen-bond donors (Lipinski definition) is 2. The Hall–Kier alpha value is -0.570. The molecule has 1 saturated carbocycles. The molecule has 17 heavy (non-hydrogen) atoms. The molecule has 0 saturated heterocycles. The molecule has 3 nitrogen and oxygen atoms in total. The molecule has 0 aromatic carbocycles. The van der Waals surface area contributed by atoms with Gasteiger partial charge in [0.1, 0.15) is 0 Å². The van der Waals surface area contributed by atoms with Crippen LogP contribution in [0.3, 0.4) is 0 Å². The monoisotopic (exact) mass is 241 g/mol. The highest BCUT2D eigenvalue weighted by Gasteiger charge is 2.25. The summed E-state index contributed by atoms with van der Waals surface area (Å²) in [5.74, 6) is 0.754. The van der Waals surface area contributed by atoms with Gasteiger partial charge < -0.3 is 10.4 Å². The molecule has 1 aliphatic rings. The average molecular weight is 241 g/mol. The van der Waals surface area contributed by atoms with E-state index in [1.807, 2.05) is 0 Å². The fourth-order valence-corrected chi connectivity index (χ4v) is 2.74. The van der Waals surface area contributed by atoms with Crippen molar-refractivity contribution in [3.63, 3.8) is 0 Å². The first-order valence-corrected chi connectivity index (χ1v) is 6.91. The summed E-state index contributed by atoms with van der Waals surface area (Å²) in [6.45, 7) is 6.34. The Morgan fingerprint density at radius 3 is 2.47 bits per heavy atom. The van der Waals surface area contributed by atoms with E-state index in [0.29, 0.717) is 12.5 Å². The molecule has 0 spiro atoms. The van der Waals surface area contributed by atoms with Crippen LogP contribution in [0.15, 0.2) is 0 Å². The van der Waals surface area contributed by atoms with Crippen molar-refractivity contribution in [3.05, 3.63) is 0 Å². The number of aliphatic hydroxyl groups is 1. The minimum Gasteiger partial charge on any atom is -0.388 e. The summed E-state index contributed by atoms with van der Waals surface area (Å²) in [7, 11) is 0. The van der Waals surface area contributed by atoms with Gasteiger partial charge in [-0.15, -0.1) is 0 Å². The van der Waals surface area contributed by atoms with Gasteiger partial charge in [-0.25, -0.2) is 0 Å². The second-order valence-electron chi connectivity index (χ2n) is 6.15. The van der Waals surface area contributed by atoms with Gasteiger partial charge in [0.25, 0.3) is 0 Å². The molecule has 1 aliphatic carbocycles. The Morgan fingerprint density at radius 1 is 1.35 bits per heavy atom. The first kappa shape index (κ1) is 14.5. The molecule has 0 bridgehead atoms. The maximum atomic E-state index is 11.9. The normalized spacial score (nSPS) is 21.2. The highest BCUT2D eigenvalue weighted by atomic mass is 16.3. The standard InChI is InChI=1S/C14H27NO2/c1-11(2)9-14(3,17)10-15-13(16)12-7-5-4-6-8-12/h11-12,17H,4-10H2,1-3H3,(H,15,16). The molecular weight excluding hydrogens is 214 g/mol. The van der Waals surface area contributed by atoms with Crippen molar-refractivity contribution in [3.8, 4) is 0 Å². The summed E-state index contributed by atoms with van der Waals surface area (Å²) in [5.41, 5.74) is -0.779. The van der Waals surface area contributed by atoms with Crippen LogP contribution in [-0.2, 0) is 4.79 Å². The van der Waals surface area contributed by atoms with Crippen molar-refractivity contribution < 1.29 is 9.90 Å². The first-order valence-electron chi connectivity index (χ1n) is 6.91. The van der Waals surface area contributed by atoms with Gasteiger partial charge in [0.05, 0.1) is 5.60 Å². The van der Waals surface area contributed by atoms with Crippen molar-refractivity contribution in [2.45, 2.75) is 64.9 Å². The van der Waals surface area contributed by atoms with Crippen molar-refractivity contribution in [2.24, 2.45) is 11.8 Å². The van der Waals surface area contributed by atoms with Gasteiger partial charge in [0.2, 0.25) is 5.91 Å². The maximum absolute atomic E-state index is 11.9. The Kier molecular flexibility index (Phi) is 5.44. The predicted octanol–water partition coefficient (Wildman–Crippen LogP) is 2.48. The van der Waals surface area contributed by atoms with Gasteiger partial charge in [0, 0.05) is 12.5 Å². The van der Waals surface area contributed by atoms with Crippen LogP contribution < -0.4 is 5.32 Å². The SMILES string of the molecule is CC(C)CC(C)(O)CNC(=O)C1CCCCC1. The molecule has 1 unspecified atom stereocenters. The van der Waals surface area contributed by atoms with Gasteiger partial charge in [0.15, 0.2) is 0 Å². The fraction of sp³-hybridized carbons (Fsp3) is 0.929. The Labute approximate surface area is 105 Å². The van der Waals surface area contributed by atoms with E-state index in [2.05, 4.69) is 19.2 Å². The maximum Gasteiger partial charge on any atom is 0.223 e. The Morgan fingerprint density at radius 2 is 1.94 bits per heavy atom. The molecule has 0 aromatic rings. The summed E-state index contributed by atoms with van der Waals surface area (Å²) in [5, 5.41) is 13.0. The molecule has 1 atom stereocenters. The quantitative estimate of drug-likeness (QED) is 0.777. The molecule has 0 heterocycles. The van der Waals surface area contributed by atoms with E-state index in [4.69, 9.17) is 0 Å². The molecule has 0 aliphatic heterocycles. The smallest absolute Gasteiger partial charge is 0.223 e. The molecule has 1 amide bonds. The van der Waals surface area contributed by atoms with Crippen LogP contribution in [0, 0.1) is 11.8 Å². The van der Waals surface area contributed by atoms with Crippen LogP contribution in [0.4, 0.5) is 0 Å². The number of hydrogen-bond acceptors (Lipinski definition) is 2. The number of amides is 1. The highest BCUT2D eigenvalue weighted by Crippen LogP contribution is 2.24. The number of carbonyl (C=O) groups excluding carboxylic acids is 1. The molecule has 0 radical (unpaired) electrons.